The van der Waals surface area contributed by atoms with Gasteiger partial charge in [-0.2, -0.15) is 0 Å². The van der Waals surface area contributed by atoms with Crippen molar-refractivity contribution in [2.75, 3.05) is 0 Å². The minimum Gasteiger partial charge on any atom is -0.444 e. The van der Waals surface area contributed by atoms with Gasteiger partial charge in [0.2, 0.25) is 5.60 Å². The molecule has 1 saturated heterocycles. The molecule has 5 heteroatoms. The summed E-state index contributed by atoms with van der Waals surface area (Å²) in [5, 5.41) is 13.3. The number of carbonyl (C=O) groups excluding carboxylic acids is 2. The van der Waals surface area contributed by atoms with Crippen LogP contribution in [0.1, 0.15) is 60.3 Å². The van der Waals surface area contributed by atoms with Crippen molar-refractivity contribution >= 4 is 11.9 Å². The van der Waals surface area contributed by atoms with Crippen molar-refractivity contribution in [3.05, 3.63) is 35.5 Å². The molecule has 0 aromatic heterocycles. The number of esters is 1. The third-order valence-corrected chi connectivity index (χ3v) is 6.78. The molecule has 160 valence electrons. The zero-order valence-corrected chi connectivity index (χ0v) is 18.3. The summed E-state index contributed by atoms with van der Waals surface area (Å²) in [6.45, 7) is 10.6. The van der Waals surface area contributed by atoms with Crippen LogP contribution in [0.4, 0.5) is 0 Å². The van der Waals surface area contributed by atoms with Crippen molar-refractivity contribution < 1.29 is 19.4 Å². The number of hydrogen-bond donors (Lipinski definition) is 2. The molecule has 0 aromatic rings. The predicted octanol–water partition coefficient (Wildman–Crippen LogP) is 3.69. The van der Waals surface area contributed by atoms with E-state index >= 15 is 0 Å². The van der Waals surface area contributed by atoms with E-state index in [1.54, 1.807) is 0 Å². The lowest BCUT2D eigenvalue weighted by Gasteiger charge is -2.45. The van der Waals surface area contributed by atoms with Gasteiger partial charge in [-0.25, -0.2) is 4.79 Å². The molecule has 2 heterocycles. The van der Waals surface area contributed by atoms with Crippen molar-refractivity contribution in [2.45, 2.75) is 78.0 Å². The molecule has 0 radical (unpaired) electrons. The van der Waals surface area contributed by atoms with Gasteiger partial charge >= 0.3 is 5.97 Å². The first-order valence-corrected chi connectivity index (χ1v) is 10.9. The van der Waals surface area contributed by atoms with E-state index in [9.17, 15) is 14.7 Å². The Hall–Kier alpha value is -1.88. The number of carbonyl (C=O) groups is 2. The fourth-order valence-corrected chi connectivity index (χ4v) is 5.29. The van der Waals surface area contributed by atoms with Gasteiger partial charge in [0.15, 0.2) is 0 Å². The topological polar surface area (TPSA) is 75.6 Å². The van der Waals surface area contributed by atoms with Crippen LogP contribution < -0.4 is 5.32 Å². The number of aliphatic hydroxyl groups is 1. The zero-order valence-electron chi connectivity index (χ0n) is 18.3. The maximum absolute atomic E-state index is 13.4. The highest BCUT2D eigenvalue weighted by atomic mass is 16.6. The Morgan fingerprint density at radius 2 is 2.00 bits per heavy atom. The molecule has 0 saturated carbocycles. The second-order valence-electron chi connectivity index (χ2n) is 9.51. The number of amides is 1. The second kappa shape index (κ2) is 8.47. The van der Waals surface area contributed by atoms with Gasteiger partial charge in [-0.15, -0.1) is 0 Å². The molecular formula is C24H35NO4. The minimum atomic E-state index is -1.24. The summed E-state index contributed by atoms with van der Waals surface area (Å²) in [6.07, 6.45) is 9.40. The van der Waals surface area contributed by atoms with Crippen molar-refractivity contribution in [1.29, 1.82) is 0 Å². The van der Waals surface area contributed by atoms with Crippen LogP contribution >= 0.6 is 0 Å². The summed E-state index contributed by atoms with van der Waals surface area (Å²) in [7, 11) is 0. The molecule has 1 spiro atoms. The van der Waals surface area contributed by atoms with Gasteiger partial charge in [-0.3, -0.25) is 4.79 Å². The highest BCUT2D eigenvalue weighted by Crippen LogP contribution is 2.50. The van der Waals surface area contributed by atoms with E-state index in [1.807, 2.05) is 0 Å². The maximum Gasteiger partial charge on any atom is 0.331 e. The van der Waals surface area contributed by atoms with Crippen LogP contribution in [0.25, 0.3) is 0 Å². The van der Waals surface area contributed by atoms with E-state index in [1.165, 1.54) is 17.7 Å². The summed E-state index contributed by atoms with van der Waals surface area (Å²) in [5.74, 6) is -0.632. The first-order valence-electron chi connectivity index (χ1n) is 10.9. The monoisotopic (exact) mass is 401 g/mol. The SMILES string of the molecule is CC1=CC2/C=C(\C)CCCC(O)/C=C/C(=O)OC23C(=O)NC(CC(C)C)C3C1C. The summed E-state index contributed by atoms with van der Waals surface area (Å²) in [5.41, 5.74) is 1.14. The molecule has 3 aliphatic rings. The van der Waals surface area contributed by atoms with Crippen molar-refractivity contribution in [3.8, 4) is 0 Å². The van der Waals surface area contributed by atoms with E-state index in [4.69, 9.17) is 4.74 Å². The molecule has 2 N–H and O–H groups in total. The second-order valence-corrected chi connectivity index (χ2v) is 9.51. The standard InChI is InChI=1S/C24H35NO4/c1-14(2)11-20-22-17(5)16(4)13-18-12-15(3)7-6-8-19(26)9-10-21(27)29-24(18,22)23(28)25-20/h9-10,12-14,17-20,22,26H,6-8,11H2,1-5H3,(H,25,28)/b10-9+,15-12+. The van der Waals surface area contributed by atoms with E-state index < -0.39 is 17.7 Å². The average molecular weight is 402 g/mol. The van der Waals surface area contributed by atoms with Crippen LogP contribution in [0.3, 0.4) is 0 Å². The number of nitrogens with one attached hydrogen (secondary N) is 1. The molecule has 2 aliphatic heterocycles. The molecule has 0 aromatic carbocycles. The van der Waals surface area contributed by atoms with Crippen LogP contribution in [-0.4, -0.2) is 34.7 Å². The number of allylic oxidation sites excluding steroid dienone is 2. The Labute approximate surface area is 174 Å². The first-order chi connectivity index (χ1) is 13.6. The van der Waals surface area contributed by atoms with Crippen LogP contribution in [0.2, 0.25) is 0 Å². The molecule has 3 rings (SSSR count). The lowest BCUT2D eigenvalue weighted by atomic mass is 9.63. The lowest BCUT2D eigenvalue weighted by molar-refractivity contribution is -0.172. The van der Waals surface area contributed by atoms with Crippen molar-refractivity contribution in [3.63, 3.8) is 0 Å². The van der Waals surface area contributed by atoms with Gasteiger partial charge in [-0.1, -0.05) is 44.1 Å². The fourth-order valence-electron chi connectivity index (χ4n) is 5.29. The third kappa shape index (κ3) is 4.20. The highest BCUT2D eigenvalue weighted by molar-refractivity contribution is 5.94. The molecule has 6 unspecified atom stereocenters. The molecule has 1 fully saturated rings. The van der Waals surface area contributed by atoms with Crippen LogP contribution in [0, 0.1) is 23.7 Å². The fraction of sp³-hybridized carbons (Fsp3) is 0.667. The first kappa shape index (κ1) is 21.8. The Morgan fingerprint density at radius 1 is 1.28 bits per heavy atom. The smallest absolute Gasteiger partial charge is 0.331 e. The Bertz CT molecular complexity index is 750. The largest absolute Gasteiger partial charge is 0.444 e. The Balaban J connectivity index is 2.13. The quantitative estimate of drug-likeness (QED) is 0.547. The normalized spacial score (nSPS) is 41.0. The lowest BCUT2D eigenvalue weighted by Crippen LogP contribution is -2.56. The molecule has 6 atom stereocenters. The van der Waals surface area contributed by atoms with E-state index in [0.717, 1.165) is 24.8 Å². The number of rotatable bonds is 2. The minimum absolute atomic E-state index is 0.0346. The summed E-state index contributed by atoms with van der Waals surface area (Å²) in [4.78, 5) is 26.2. The molecule has 0 bridgehead atoms. The van der Waals surface area contributed by atoms with Gasteiger partial charge in [0, 0.05) is 24.0 Å². The molecule has 1 amide bonds. The van der Waals surface area contributed by atoms with Gasteiger partial charge < -0.3 is 15.2 Å². The molecule has 1 aliphatic carbocycles. The third-order valence-electron chi connectivity index (χ3n) is 6.78. The summed E-state index contributed by atoms with van der Waals surface area (Å²) >= 11 is 0. The van der Waals surface area contributed by atoms with Crippen LogP contribution in [-0.2, 0) is 14.3 Å². The Kier molecular flexibility index (Phi) is 6.37. The average Bonchev–Trinajstić information content (AvgIpc) is 2.89. The molecule has 5 nitrogen and oxygen atoms in total. The van der Waals surface area contributed by atoms with Crippen LogP contribution in [0.5, 0.6) is 0 Å². The zero-order chi connectivity index (χ0) is 21.3. The summed E-state index contributed by atoms with van der Waals surface area (Å²) < 4.78 is 6.04. The highest BCUT2D eigenvalue weighted by Gasteiger charge is 2.64. The summed E-state index contributed by atoms with van der Waals surface area (Å²) in [6, 6.07) is -0.0346. The number of ether oxygens (including phenoxy) is 1. The predicted molar refractivity (Wildman–Crippen MR) is 113 cm³/mol. The van der Waals surface area contributed by atoms with Gasteiger partial charge in [0.1, 0.15) is 0 Å². The van der Waals surface area contributed by atoms with E-state index in [-0.39, 0.29) is 29.7 Å². The van der Waals surface area contributed by atoms with Gasteiger partial charge in [0.25, 0.3) is 5.91 Å². The van der Waals surface area contributed by atoms with E-state index in [0.29, 0.717) is 12.3 Å². The number of hydrogen-bond acceptors (Lipinski definition) is 4. The van der Waals surface area contributed by atoms with Gasteiger partial charge in [0.05, 0.1) is 6.10 Å². The number of aliphatic hydroxyl groups excluding tert-OH is 1. The van der Waals surface area contributed by atoms with E-state index in [2.05, 4.69) is 52.1 Å². The van der Waals surface area contributed by atoms with Crippen LogP contribution in [0.15, 0.2) is 35.5 Å². The van der Waals surface area contributed by atoms with Crippen molar-refractivity contribution in [2.24, 2.45) is 23.7 Å². The maximum atomic E-state index is 13.4. The van der Waals surface area contributed by atoms with Crippen molar-refractivity contribution in [1.82, 2.24) is 5.32 Å². The van der Waals surface area contributed by atoms with Gasteiger partial charge in [-0.05, 0) is 57.4 Å². The molecular weight excluding hydrogens is 366 g/mol. The Morgan fingerprint density at radius 3 is 2.69 bits per heavy atom. The molecule has 29 heavy (non-hydrogen) atoms.